The van der Waals surface area contributed by atoms with Gasteiger partial charge in [-0.3, -0.25) is 10.1 Å². The van der Waals surface area contributed by atoms with Gasteiger partial charge in [-0.1, -0.05) is 0 Å². The van der Waals surface area contributed by atoms with E-state index in [1.807, 2.05) is 0 Å². The number of aryl methyl sites for hydroxylation is 1. The number of nitro groups is 1. The van der Waals surface area contributed by atoms with E-state index in [0.717, 1.165) is 0 Å². The van der Waals surface area contributed by atoms with Crippen molar-refractivity contribution in [3.63, 3.8) is 0 Å². The zero-order valence-electron chi connectivity index (χ0n) is 6.71. The molecule has 0 amide bonds. The lowest BCUT2D eigenvalue weighted by Gasteiger charge is -1.95. The van der Waals surface area contributed by atoms with E-state index in [2.05, 4.69) is 15.0 Å². The monoisotopic (exact) mass is 179 g/mol. The van der Waals surface area contributed by atoms with Crippen LogP contribution in [0, 0.1) is 17.0 Å². The van der Waals surface area contributed by atoms with E-state index in [-0.39, 0.29) is 11.5 Å². The molecule has 1 aromatic rings. The molecule has 0 fully saturated rings. The van der Waals surface area contributed by atoms with Gasteiger partial charge >= 0.3 is 0 Å². The number of aromatic nitrogens is 1. The molecule has 0 saturated carbocycles. The van der Waals surface area contributed by atoms with Crippen molar-refractivity contribution >= 4 is 11.5 Å². The van der Waals surface area contributed by atoms with E-state index in [0.29, 0.717) is 5.69 Å². The molecule has 0 N–H and O–H groups in total. The fourth-order valence-corrected chi connectivity index (χ4v) is 0.794. The quantitative estimate of drug-likeness (QED) is 0.228. The van der Waals surface area contributed by atoms with Crippen LogP contribution < -0.4 is 0 Å². The molecule has 0 saturated heterocycles. The van der Waals surface area contributed by atoms with Crippen molar-refractivity contribution in [3.8, 4) is 0 Å². The lowest BCUT2D eigenvalue weighted by atomic mass is 10.3. The van der Waals surface area contributed by atoms with Crippen molar-refractivity contribution in [2.24, 2.45) is 5.11 Å². The number of hydrogen-bond donors (Lipinski definition) is 0. The third kappa shape index (κ3) is 1.91. The smallest absolute Gasteiger partial charge is 0.258 e. The summed E-state index contributed by atoms with van der Waals surface area (Å²) in [6.07, 6.45) is 0. The molecule has 7 heteroatoms. The lowest BCUT2D eigenvalue weighted by molar-refractivity contribution is -0.384. The van der Waals surface area contributed by atoms with Crippen molar-refractivity contribution in [1.82, 2.24) is 4.98 Å². The maximum atomic E-state index is 10.4. The Bertz CT molecular complexity index is 396. The highest BCUT2D eigenvalue weighted by atomic mass is 16.6. The van der Waals surface area contributed by atoms with Crippen molar-refractivity contribution in [2.75, 3.05) is 0 Å². The Morgan fingerprint density at radius 1 is 1.69 bits per heavy atom. The van der Waals surface area contributed by atoms with Gasteiger partial charge in [0, 0.05) is 16.7 Å². The Balaban J connectivity index is 3.34. The lowest BCUT2D eigenvalue weighted by Crippen LogP contribution is -1.91. The van der Waals surface area contributed by atoms with E-state index < -0.39 is 4.92 Å². The normalized spacial score (nSPS) is 9.00. The second-order valence-corrected chi connectivity index (χ2v) is 2.24. The fraction of sp³-hybridized carbons (Fsp3) is 0.167. The first-order chi connectivity index (χ1) is 6.15. The second-order valence-electron chi connectivity index (χ2n) is 2.24. The molecular weight excluding hydrogens is 174 g/mol. The zero-order chi connectivity index (χ0) is 9.84. The SMILES string of the molecule is Cc1ccc([N+](=O)[O-])c(N=[N+]=[N-])n1. The minimum atomic E-state index is -0.642. The van der Waals surface area contributed by atoms with Crippen LogP contribution in [0.4, 0.5) is 11.5 Å². The van der Waals surface area contributed by atoms with Crippen molar-refractivity contribution in [3.05, 3.63) is 38.4 Å². The minimum Gasteiger partial charge on any atom is -0.258 e. The number of pyridine rings is 1. The highest BCUT2D eigenvalue weighted by Gasteiger charge is 2.12. The highest BCUT2D eigenvalue weighted by molar-refractivity contribution is 5.51. The molecule has 0 unspecified atom stereocenters. The maximum absolute atomic E-state index is 10.4. The Morgan fingerprint density at radius 2 is 2.38 bits per heavy atom. The summed E-state index contributed by atoms with van der Waals surface area (Å²) < 4.78 is 0. The molecule has 0 bridgehead atoms. The van der Waals surface area contributed by atoms with Crippen molar-refractivity contribution < 1.29 is 4.92 Å². The van der Waals surface area contributed by atoms with E-state index in [4.69, 9.17) is 5.53 Å². The third-order valence-corrected chi connectivity index (χ3v) is 1.33. The molecule has 1 heterocycles. The van der Waals surface area contributed by atoms with E-state index in [1.54, 1.807) is 6.92 Å². The van der Waals surface area contributed by atoms with Crippen LogP contribution in [0.3, 0.4) is 0 Å². The molecule has 0 aliphatic rings. The third-order valence-electron chi connectivity index (χ3n) is 1.33. The van der Waals surface area contributed by atoms with Crippen LogP contribution in [-0.4, -0.2) is 9.91 Å². The molecule has 0 atom stereocenters. The van der Waals surface area contributed by atoms with Gasteiger partial charge in [-0.15, -0.1) is 0 Å². The van der Waals surface area contributed by atoms with E-state index in [1.165, 1.54) is 12.1 Å². The van der Waals surface area contributed by atoms with Crippen LogP contribution in [-0.2, 0) is 0 Å². The molecule has 7 nitrogen and oxygen atoms in total. The summed E-state index contributed by atoms with van der Waals surface area (Å²) in [6, 6.07) is 2.74. The van der Waals surface area contributed by atoms with Gasteiger partial charge in [0.2, 0.25) is 5.82 Å². The summed E-state index contributed by atoms with van der Waals surface area (Å²) in [5.74, 6) is -0.201. The summed E-state index contributed by atoms with van der Waals surface area (Å²) in [6.45, 7) is 1.65. The van der Waals surface area contributed by atoms with E-state index >= 15 is 0 Å². The molecule has 0 aliphatic carbocycles. The first-order valence-corrected chi connectivity index (χ1v) is 3.32. The van der Waals surface area contributed by atoms with Crippen molar-refractivity contribution in [2.45, 2.75) is 6.92 Å². The van der Waals surface area contributed by atoms with Gasteiger partial charge in [0.05, 0.1) is 4.92 Å². The van der Waals surface area contributed by atoms with Gasteiger partial charge in [-0.25, -0.2) is 4.98 Å². The standard InChI is InChI=1S/C6H5N5O2/c1-4-2-3-5(11(12)13)6(8-4)9-10-7/h2-3H,1H3. The fourth-order valence-electron chi connectivity index (χ4n) is 0.794. The predicted molar refractivity (Wildman–Crippen MR) is 44.4 cm³/mol. The first-order valence-electron chi connectivity index (χ1n) is 3.32. The van der Waals surface area contributed by atoms with E-state index in [9.17, 15) is 10.1 Å². The summed E-state index contributed by atoms with van der Waals surface area (Å²) in [7, 11) is 0. The van der Waals surface area contributed by atoms with Crippen LogP contribution in [0.2, 0.25) is 0 Å². The van der Waals surface area contributed by atoms with Crippen LogP contribution in [0.25, 0.3) is 10.4 Å². The van der Waals surface area contributed by atoms with Crippen LogP contribution in [0.15, 0.2) is 17.2 Å². The molecule has 13 heavy (non-hydrogen) atoms. The molecule has 0 spiro atoms. The maximum Gasteiger partial charge on any atom is 0.297 e. The zero-order valence-corrected chi connectivity index (χ0v) is 6.71. The molecule has 1 rings (SSSR count). The summed E-state index contributed by atoms with van der Waals surface area (Å²) in [5, 5.41) is 13.5. The molecular formula is C6H5N5O2. The van der Waals surface area contributed by atoms with Crippen LogP contribution in [0.1, 0.15) is 5.69 Å². The largest absolute Gasteiger partial charge is 0.297 e. The highest BCUT2D eigenvalue weighted by Crippen LogP contribution is 2.24. The van der Waals surface area contributed by atoms with Crippen molar-refractivity contribution in [1.29, 1.82) is 0 Å². The minimum absolute atomic E-state index is 0.201. The molecule has 0 aliphatic heterocycles. The first kappa shape index (κ1) is 8.95. The molecule has 66 valence electrons. The van der Waals surface area contributed by atoms with Crippen LogP contribution in [0.5, 0.6) is 0 Å². The Morgan fingerprint density at radius 3 is 2.92 bits per heavy atom. The average molecular weight is 179 g/mol. The number of hydrogen-bond acceptors (Lipinski definition) is 4. The van der Waals surface area contributed by atoms with Gasteiger partial charge in [0.15, 0.2) is 0 Å². The van der Waals surface area contributed by atoms with Gasteiger partial charge in [0.1, 0.15) is 0 Å². The number of nitrogens with zero attached hydrogens (tertiary/aromatic N) is 5. The van der Waals surface area contributed by atoms with Gasteiger partial charge in [-0.2, -0.15) is 0 Å². The second kappa shape index (κ2) is 3.51. The Hall–Kier alpha value is -2.14. The Kier molecular flexibility index (Phi) is 2.41. The van der Waals surface area contributed by atoms with Crippen LogP contribution >= 0.6 is 0 Å². The number of rotatable bonds is 2. The van der Waals surface area contributed by atoms with Gasteiger partial charge < -0.3 is 0 Å². The summed E-state index contributed by atoms with van der Waals surface area (Å²) in [4.78, 5) is 15.9. The molecule has 0 radical (unpaired) electrons. The van der Waals surface area contributed by atoms with Gasteiger partial charge in [0.25, 0.3) is 5.69 Å². The Labute approximate surface area is 72.8 Å². The molecule has 0 aromatic carbocycles. The summed E-state index contributed by atoms with van der Waals surface area (Å²) in [5.41, 5.74) is 8.39. The average Bonchev–Trinajstić information content (AvgIpc) is 2.04. The predicted octanol–water partition coefficient (Wildman–Crippen LogP) is 2.24. The summed E-state index contributed by atoms with van der Waals surface area (Å²) >= 11 is 0. The topological polar surface area (TPSA) is 105 Å². The number of azide groups is 1. The van der Waals surface area contributed by atoms with Gasteiger partial charge in [-0.05, 0) is 23.6 Å². The molecule has 1 aromatic heterocycles.